The molecule has 2 aromatic carbocycles. The lowest BCUT2D eigenvalue weighted by Crippen LogP contribution is -2.46. The van der Waals surface area contributed by atoms with Gasteiger partial charge >= 0.3 is 18.5 Å². The molecule has 46 heavy (non-hydrogen) atoms. The van der Waals surface area contributed by atoms with Crippen molar-refractivity contribution in [1.29, 1.82) is 10.9 Å². The average molecular weight is 669 g/mol. The quantitative estimate of drug-likeness (QED) is 0.0889. The van der Waals surface area contributed by atoms with E-state index in [0.717, 1.165) is 12.1 Å². The maximum Gasteiger partial charge on any atom is 0.416 e. The molecule has 3 rings (SSSR count). The van der Waals surface area contributed by atoms with Crippen LogP contribution in [0.4, 0.5) is 45.2 Å². The summed E-state index contributed by atoms with van der Waals surface area (Å²) in [6, 6.07) is 2.76. The zero-order chi connectivity index (χ0) is 34.6. The van der Waals surface area contributed by atoms with Gasteiger partial charge < -0.3 is 14.5 Å². The standard InChI is InChI=1S/C29H33F9N6O2/c1-4-44(23-7-9-43(10-8-23)26(39)41-40)24-6-5-20(27(30,31)32)13-19(24)15-42(3)17(2)25(46-16-45)18-11-21(28(33,34)35)14-22(12-18)29(36,37)38/h5-6,11-14,16-17,23,25,39-40H,4,7-10,15H2,1-3H3. The molecule has 254 valence electrons. The highest BCUT2D eigenvalue weighted by Crippen LogP contribution is 2.40. The fourth-order valence-corrected chi connectivity index (χ4v) is 5.57. The van der Waals surface area contributed by atoms with Gasteiger partial charge in [0.25, 0.3) is 6.47 Å². The van der Waals surface area contributed by atoms with E-state index in [0.29, 0.717) is 50.3 Å². The lowest BCUT2D eigenvalue weighted by Gasteiger charge is -2.40. The predicted octanol–water partition coefficient (Wildman–Crippen LogP) is 7.73. The molecular formula is C29H33F9N6O2. The van der Waals surface area contributed by atoms with Crippen molar-refractivity contribution in [1.82, 2.24) is 9.80 Å². The Morgan fingerprint density at radius 3 is 1.98 bits per heavy atom. The summed E-state index contributed by atoms with van der Waals surface area (Å²) in [5.41, 5.74) is 2.89. The average Bonchev–Trinajstić information content (AvgIpc) is 2.98. The summed E-state index contributed by atoms with van der Waals surface area (Å²) in [5.74, 6) is -0.206. The number of halogens is 9. The van der Waals surface area contributed by atoms with Gasteiger partial charge in [-0.1, -0.05) is 0 Å². The van der Waals surface area contributed by atoms with Crippen molar-refractivity contribution in [3.05, 3.63) is 64.2 Å². The molecule has 2 atom stereocenters. The summed E-state index contributed by atoms with van der Waals surface area (Å²) < 4.78 is 128. The van der Waals surface area contributed by atoms with Crippen LogP contribution in [0.15, 0.2) is 41.5 Å². The monoisotopic (exact) mass is 668 g/mol. The Morgan fingerprint density at radius 2 is 1.52 bits per heavy atom. The number of ether oxygens (including phenoxy) is 1. The molecule has 0 radical (unpaired) electrons. The van der Waals surface area contributed by atoms with E-state index in [1.165, 1.54) is 24.9 Å². The molecule has 2 N–H and O–H groups in total. The van der Waals surface area contributed by atoms with Crippen LogP contribution in [0.5, 0.6) is 0 Å². The molecule has 2 unspecified atom stereocenters. The van der Waals surface area contributed by atoms with Crippen LogP contribution in [-0.2, 0) is 34.6 Å². The normalized spacial score (nSPS) is 16.2. The number of hydrogen-bond donors (Lipinski definition) is 2. The van der Waals surface area contributed by atoms with Gasteiger partial charge in [0.1, 0.15) is 6.10 Å². The number of likely N-dealkylation sites (tertiary alicyclic amines) is 1. The molecule has 0 aliphatic carbocycles. The summed E-state index contributed by atoms with van der Waals surface area (Å²) in [7, 11) is 1.40. The largest absolute Gasteiger partial charge is 0.458 e. The van der Waals surface area contributed by atoms with Gasteiger partial charge in [0.2, 0.25) is 5.96 Å². The van der Waals surface area contributed by atoms with Crippen molar-refractivity contribution in [2.45, 2.75) is 70.0 Å². The van der Waals surface area contributed by atoms with Crippen molar-refractivity contribution in [3.63, 3.8) is 0 Å². The summed E-state index contributed by atoms with van der Waals surface area (Å²) >= 11 is 0. The number of nitrogens with one attached hydrogen (secondary N) is 2. The molecule has 8 nitrogen and oxygen atoms in total. The highest BCUT2D eigenvalue weighted by atomic mass is 19.4. The summed E-state index contributed by atoms with van der Waals surface area (Å²) in [6.07, 6.45) is -15.7. The zero-order valence-electron chi connectivity index (χ0n) is 25.0. The highest BCUT2D eigenvalue weighted by Gasteiger charge is 2.39. The van der Waals surface area contributed by atoms with Crippen molar-refractivity contribution in [2.75, 3.05) is 31.6 Å². The summed E-state index contributed by atoms with van der Waals surface area (Å²) in [5, 5.41) is 10.9. The third kappa shape index (κ3) is 8.67. The first-order valence-corrected chi connectivity index (χ1v) is 14.1. The number of carbonyl (C=O) groups excluding carboxylic acids is 1. The Balaban J connectivity index is 2.01. The second kappa shape index (κ2) is 14.3. The number of anilines is 1. The molecule has 0 saturated carbocycles. The van der Waals surface area contributed by atoms with E-state index in [2.05, 4.69) is 5.11 Å². The molecule has 1 aliphatic heterocycles. The van der Waals surface area contributed by atoms with Crippen molar-refractivity contribution >= 4 is 18.1 Å². The van der Waals surface area contributed by atoms with Crippen molar-refractivity contribution in [3.8, 4) is 0 Å². The first-order chi connectivity index (χ1) is 21.3. The molecule has 1 heterocycles. The van der Waals surface area contributed by atoms with Crippen LogP contribution in [0.3, 0.4) is 0 Å². The van der Waals surface area contributed by atoms with E-state index in [1.54, 1.807) is 11.8 Å². The third-order valence-electron chi connectivity index (χ3n) is 8.06. The Morgan fingerprint density at radius 1 is 0.978 bits per heavy atom. The number of likely N-dealkylation sites (N-methyl/N-ethyl adjacent to an activating group) is 1. The SMILES string of the molecule is CCN(c1ccc(C(F)(F)F)cc1CN(C)C(C)C(OC=O)c1cc(C(F)(F)F)cc(C(F)(F)F)c1)C1CCN(C(=N)N=N)CC1. The zero-order valence-corrected chi connectivity index (χ0v) is 25.0. The Kier molecular flexibility index (Phi) is 11.3. The van der Waals surface area contributed by atoms with Gasteiger partial charge in [-0.2, -0.15) is 39.5 Å². The second-order valence-corrected chi connectivity index (χ2v) is 10.9. The third-order valence-corrected chi connectivity index (χ3v) is 8.06. The molecule has 1 fully saturated rings. The minimum Gasteiger partial charge on any atom is -0.458 e. The molecule has 0 aromatic heterocycles. The molecular weight excluding hydrogens is 635 g/mol. The van der Waals surface area contributed by atoms with Crippen LogP contribution in [0, 0.1) is 10.9 Å². The lowest BCUT2D eigenvalue weighted by molar-refractivity contribution is -0.143. The molecule has 2 aromatic rings. The van der Waals surface area contributed by atoms with Crippen LogP contribution in [0.1, 0.15) is 60.6 Å². The number of nitrogens with zero attached hydrogens (tertiary/aromatic N) is 4. The maximum atomic E-state index is 13.8. The second-order valence-electron chi connectivity index (χ2n) is 10.9. The van der Waals surface area contributed by atoms with Gasteiger partial charge in [-0.15, -0.1) is 5.11 Å². The Bertz CT molecular complexity index is 1360. The first kappa shape index (κ1) is 36.6. The van der Waals surface area contributed by atoms with E-state index in [4.69, 9.17) is 15.7 Å². The molecule has 0 amide bonds. The van der Waals surface area contributed by atoms with Gasteiger partial charge in [-0.25, -0.2) is 5.53 Å². The fourth-order valence-electron chi connectivity index (χ4n) is 5.57. The number of piperidine rings is 1. The van der Waals surface area contributed by atoms with E-state index >= 15 is 0 Å². The summed E-state index contributed by atoms with van der Waals surface area (Å²) in [4.78, 5) is 16.3. The molecule has 0 spiro atoms. The number of guanidine groups is 1. The fraction of sp³-hybridized carbons (Fsp3) is 0.517. The minimum atomic E-state index is -5.15. The summed E-state index contributed by atoms with van der Waals surface area (Å²) in [6.45, 7) is 3.96. The molecule has 17 heteroatoms. The number of alkyl halides is 9. The molecule has 1 saturated heterocycles. The van der Waals surface area contributed by atoms with Crippen LogP contribution in [0.25, 0.3) is 0 Å². The van der Waals surface area contributed by atoms with Gasteiger partial charge in [0.05, 0.1) is 16.7 Å². The van der Waals surface area contributed by atoms with Crippen LogP contribution in [-0.4, -0.2) is 61.0 Å². The maximum absolute atomic E-state index is 13.8. The molecule has 1 aliphatic rings. The van der Waals surface area contributed by atoms with E-state index in [1.807, 2.05) is 4.90 Å². The minimum absolute atomic E-state index is 0.0564. The van der Waals surface area contributed by atoms with E-state index in [-0.39, 0.29) is 36.6 Å². The van der Waals surface area contributed by atoms with E-state index in [9.17, 15) is 44.3 Å². The predicted molar refractivity (Wildman–Crippen MR) is 149 cm³/mol. The van der Waals surface area contributed by atoms with Crippen LogP contribution in [0.2, 0.25) is 0 Å². The number of carbonyl (C=O) groups is 1. The van der Waals surface area contributed by atoms with Crippen molar-refractivity contribution < 1.29 is 49.0 Å². The number of rotatable bonds is 10. The Labute approximate surface area is 259 Å². The van der Waals surface area contributed by atoms with Gasteiger partial charge in [0, 0.05) is 44.0 Å². The highest BCUT2D eigenvalue weighted by molar-refractivity contribution is 5.76. The first-order valence-electron chi connectivity index (χ1n) is 14.1. The van der Waals surface area contributed by atoms with Crippen LogP contribution >= 0.6 is 0 Å². The topological polar surface area (TPSA) is 96.1 Å². The lowest BCUT2D eigenvalue weighted by atomic mass is 9.96. The smallest absolute Gasteiger partial charge is 0.416 e. The van der Waals surface area contributed by atoms with Gasteiger partial charge in [-0.3, -0.25) is 15.1 Å². The molecule has 0 bridgehead atoms. The van der Waals surface area contributed by atoms with Gasteiger partial charge in [0.15, 0.2) is 0 Å². The Hall–Kier alpha value is -3.89. The number of benzene rings is 2. The van der Waals surface area contributed by atoms with E-state index < -0.39 is 52.9 Å². The number of hydrogen-bond acceptors (Lipinski definition) is 6. The van der Waals surface area contributed by atoms with Crippen LogP contribution < -0.4 is 4.90 Å². The van der Waals surface area contributed by atoms with Crippen molar-refractivity contribution in [2.24, 2.45) is 5.11 Å². The van der Waals surface area contributed by atoms with Gasteiger partial charge in [-0.05, 0) is 81.3 Å².